The summed E-state index contributed by atoms with van der Waals surface area (Å²) >= 11 is 0. The van der Waals surface area contributed by atoms with E-state index in [2.05, 4.69) is 10.6 Å². The second-order valence-electron chi connectivity index (χ2n) is 7.38. The van der Waals surface area contributed by atoms with Gasteiger partial charge in [0.1, 0.15) is 18.1 Å². The largest absolute Gasteiger partial charge is 0.481 e. The molecule has 0 aliphatic carbocycles. The SMILES string of the molecule is CCC(C)C(N)C(=O)NC(C(=O)NC(CO)C(=O)NC(CC(=O)O)C(=O)O)C(C)C. The monoisotopic (exact) mass is 432 g/mol. The topological polar surface area (TPSA) is 208 Å². The van der Waals surface area contributed by atoms with Crippen molar-refractivity contribution in [2.75, 3.05) is 6.61 Å². The van der Waals surface area contributed by atoms with Crippen molar-refractivity contribution >= 4 is 29.7 Å². The lowest BCUT2D eigenvalue weighted by atomic mass is 9.97. The van der Waals surface area contributed by atoms with Gasteiger partial charge < -0.3 is 37.0 Å². The molecule has 5 unspecified atom stereocenters. The van der Waals surface area contributed by atoms with Crippen molar-refractivity contribution in [3.05, 3.63) is 0 Å². The molecule has 0 aromatic carbocycles. The molecule has 172 valence electrons. The number of aliphatic carboxylic acids is 2. The highest BCUT2D eigenvalue weighted by Gasteiger charge is 2.32. The minimum absolute atomic E-state index is 0.126. The number of nitrogens with two attached hydrogens (primary N) is 1. The first kappa shape index (κ1) is 27.3. The van der Waals surface area contributed by atoms with E-state index >= 15 is 0 Å². The van der Waals surface area contributed by atoms with Gasteiger partial charge in [0.25, 0.3) is 0 Å². The first-order valence-electron chi connectivity index (χ1n) is 9.57. The van der Waals surface area contributed by atoms with E-state index in [0.717, 1.165) is 0 Å². The summed E-state index contributed by atoms with van der Waals surface area (Å²) in [6.45, 7) is 6.09. The Bertz CT molecular complexity index is 640. The van der Waals surface area contributed by atoms with E-state index < -0.39 is 66.9 Å². The molecule has 8 N–H and O–H groups in total. The zero-order valence-corrected chi connectivity index (χ0v) is 17.5. The highest BCUT2D eigenvalue weighted by atomic mass is 16.4. The lowest BCUT2D eigenvalue weighted by Gasteiger charge is -2.27. The summed E-state index contributed by atoms with van der Waals surface area (Å²) in [5.41, 5.74) is 5.87. The van der Waals surface area contributed by atoms with E-state index in [0.29, 0.717) is 6.42 Å². The Morgan fingerprint density at radius 2 is 1.40 bits per heavy atom. The van der Waals surface area contributed by atoms with Crippen molar-refractivity contribution in [3.63, 3.8) is 0 Å². The Morgan fingerprint density at radius 1 is 0.867 bits per heavy atom. The second-order valence-corrected chi connectivity index (χ2v) is 7.38. The summed E-state index contributed by atoms with van der Waals surface area (Å²) in [5, 5.41) is 33.9. The van der Waals surface area contributed by atoms with Crippen molar-refractivity contribution in [2.24, 2.45) is 17.6 Å². The summed E-state index contributed by atoms with van der Waals surface area (Å²) in [6.07, 6.45) is -0.230. The summed E-state index contributed by atoms with van der Waals surface area (Å²) in [6, 6.07) is -5.19. The number of carbonyl (C=O) groups is 5. The molecule has 5 atom stereocenters. The molecule has 0 saturated carbocycles. The smallest absolute Gasteiger partial charge is 0.326 e. The minimum Gasteiger partial charge on any atom is -0.481 e. The first-order chi connectivity index (χ1) is 13.8. The van der Waals surface area contributed by atoms with Crippen LogP contribution in [0.2, 0.25) is 0 Å². The highest BCUT2D eigenvalue weighted by Crippen LogP contribution is 2.08. The summed E-state index contributed by atoms with van der Waals surface area (Å²) in [4.78, 5) is 58.9. The van der Waals surface area contributed by atoms with E-state index in [9.17, 15) is 29.1 Å². The van der Waals surface area contributed by atoms with Crippen molar-refractivity contribution < 1.29 is 39.3 Å². The number of carboxylic acids is 2. The number of carboxylic acid groups (broad SMARTS) is 2. The number of hydrogen-bond donors (Lipinski definition) is 7. The van der Waals surface area contributed by atoms with Crippen molar-refractivity contribution in [2.45, 2.75) is 64.7 Å². The number of nitrogens with one attached hydrogen (secondary N) is 3. The standard InChI is InChI=1S/C18H32N4O8/c1-5-9(4)13(19)16(27)22-14(8(2)3)17(28)21-11(7-23)15(26)20-10(18(29)30)6-12(24)25/h8-11,13-14,23H,5-7,19H2,1-4H3,(H,20,26)(H,21,28)(H,22,27)(H,24,25)(H,29,30). The molecule has 0 fully saturated rings. The zero-order chi connectivity index (χ0) is 23.6. The van der Waals surface area contributed by atoms with Gasteiger partial charge in [-0.05, 0) is 11.8 Å². The molecule has 3 amide bonds. The Kier molecular flexibility index (Phi) is 11.6. The van der Waals surface area contributed by atoms with E-state index in [1.165, 1.54) is 0 Å². The minimum atomic E-state index is -1.74. The van der Waals surface area contributed by atoms with Crippen LogP contribution in [0, 0.1) is 11.8 Å². The zero-order valence-electron chi connectivity index (χ0n) is 17.5. The van der Waals surface area contributed by atoms with E-state index in [4.69, 9.17) is 15.9 Å². The number of amides is 3. The molecule has 0 bridgehead atoms. The third-order valence-electron chi connectivity index (χ3n) is 4.62. The van der Waals surface area contributed by atoms with Gasteiger partial charge in [0.15, 0.2) is 0 Å². The number of rotatable bonds is 13. The predicted molar refractivity (Wildman–Crippen MR) is 105 cm³/mol. The Balaban J connectivity index is 5.22. The Hall–Kier alpha value is -2.73. The van der Waals surface area contributed by atoms with E-state index in [1.807, 2.05) is 12.2 Å². The van der Waals surface area contributed by atoms with Gasteiger partial charge in [-0.2, -0.15) is 0 Å². The van der Waals surface area contributed by atoms with Gasteiger partial charge in [-0.15, -0.1) is 0 Å². The molecular weight excluding hydrogens is 400 g/mol. The Labute approximate surface area is 174 Å². The van der Waals surface area contributed by atoms with Crippen molar-refractivity contribution in [3.8, 4) is 0 Å². The lowest BCUT2D eigenvalue weighted by Crippen LogP contribution is -2.59. The molecule has 0 radical (unpaired) electrons. The fraction of sp³-hybridized carbons (Fsp3) is 0.722. The van der Waals surface area contributed by atoms with Crippen LogP contribution in [0.15, 0.2) is 0 Å². The lowest BCUT2D eigenvalue weighted by molar-refractivity contribution is -0.147. The van der Waals surface area contributed by atoms with Gasteiger partial charge in [-0.3, -0.25) is 19.2 Å². The van der Waals surface area contributed by atoms with Gasteiger partial charge in [-0.1, -0.05) is 34.1 Å². The van der Waals surface area contributed by atoms with Gasteiger partial charge in [-0.25, -0.2) is 4.79 Å². The average molecular weight is 432 g/mol. The molecule has 0 heterocycles. The van der Waals surface area contributed by atoms with Crippen molar-refractivity contribution in [1.82, 2.24) is 16.0 Å². The molecule has 0 aromatic heterocycles. The fourth-order valence-corrected chi connectivity index (χ4v) is 2.40. The van der Waals surface area contributed by atoms with Crippen LogP contribution in [-0.2, 0) is 24.0 Å². The molecule has 0 aliphatic heterocycles. The van der Waals surface area contributed by atoms with Gasteiger partial charge in [0.2, 0.25) is 17.7 Å². The second kappa shape index (κ2) is 12.8. The van der Waals surface area contributed by atoms with Gasteiger partial charge >= 0.3 is 11.9 Å². The highest BCUT2D eigenvalue weighted by molar-refractivity contribution is 5.94. The molecule has 0 aromatic rings. The van der Waals surface area contributed by atoms with Crippen LogP contribution in [0.3, 0.4) is 0 Å². The quantitative estimate of drug-likeness (QED) is 0.172. The average Bonchev–Trinajstić information content (AvgIpc) is 2.66. The number of aliphatic hydroxyl groups is 1. The third kappa shape index (κ3) is 8.74. The predicted octanol–water partition coefficient (Wildman–Crippen LogP) is -1.98. The molecule has 0 saturated heterocycles. The fourth-order valence-electron chi connectivity index (χ4n) is 2.40. The maximum absolute atomic E-state index is 12.6. The van der Waals surface area contributed by atoms with Crippen LogP contribution in [0.4, 0.5) is 0 Å². The van der Waals surface area contributed by atoms with Crippen LogP contribution in [0.5, 0.6) is 0 Å². The summed E-state index contributed by atoms with van der Waals surface area (Å²) in [7, 11) is 0. The van der Waals surface area contributed by atoms with Crippen LogP contribution >= 0.6 is 0 Å². The molecule has 0 rings (SSSR count). The van der Waals surface area contributed by atoms with Crippen LogP contribution < -0.4 is 21.7 Å². The van der Waals surface area contributed by atoms with E-state index in [1.54, 1.807) is 20.8 Å². The molecule has 12 nitrogen and oxygen atoms in total. The first-order valence-corrected chi connectivity index (χ1v) is 9.57. The number of carbonyl (C=O) groups excluding carboxylic acids is 3. The van der Waals surface area contributed by atoms with E-state index in [-0.39, 0.29) is 11.8 Å². The van der Waals surface area contributed by atoms with Gasteiger partial charge in [0.05, 0.1) is 19.1 Å². The van der Waals surface area contributed by atoms with Crippen LogP contribution in [-0.4, -0.2) is 75.8 Å². The summed E-state index contributed by atoms with van der Waals surface area (Å²) < 4.78 is 0. The molecular formula is C18H32N4O8. The van der Waals surface area contributed by atoms with Crippen molar-refractivity contribution in [1.29, 1.82) is 0 Å². The maximum Gasteiger partial charge on any atom is 0.326 e. The Morgan fingerprint density at radius 3 is 1.80 bits per heavy atom. The molecule has 30 heavy (non-hydrogen) atoms. The van der Waals surface area contributed by atoms with Crippen LogP contribution in [0.25, 0.3) is 0 Å². The molecule has 12 heteroatoms. The normalized spacial score (nSPS) is 16.0. The van der Waals surface area contributed by atoms with Crippen LogP contribution in [0.1, 0.15) is 40.5 Å². The number of aliphatic hydroxyl groups excluding tert-OH is 1. The number of hydrogen-bond acceptors (Lipinski definition) is 7. The third-order valence-corrected chi connectivity index (χ3v) is 4.62. The van der Waals surface area contributed by atoms with Gasteiger partial charge in [0, 0.05) is 0 Å². The summed E-state index contributed by atoms with van der Waals surface area (Å²) in [5.74, 6) is -5.96. The maximum atomic E-state index is 12.6. The molecule has 0 spiro atoms. The molecule has 0 aliphatic rings.